The third kappa shape index (κ3) is 3.67. The maximum Gasteiger partial charge on any atom is 0.253 e. The lowest BCUT2D eigenvalue weighted by molar-refractivity contribution is 0.0946. The van der Waals surface area contributed by atoms with E-state index in [1.54, 1.807) is 19.5 Å². The third-order valence-electron chi connectivity index (χ3n) is 4.38. The highest BCUT2D eigenvalue weighted by Gasteiger charge is 2.19. The number of rotatable bonds is 5. The molecule has 4 rings (SSSR count). The summed E-state index contributed by atoms with van der Waals surface area (Å²) < 4.78 is 5.13. The van der Waals surface area contributed by atoms with E-state index >= 15 is 0 Å². The van der Waals surface area contributed by atoms with Crippen molar-refractivity contribution in [3.63, 3.8) is 0 Å². The summed E-state index contributed by atoms with van der Waals surface area (Å²) in [6.07, 6.45) is 4.19. The van der Waals surface area contributed by atoms with E-state index in [2.05, 4.69) is 25.8 Å². The summed E-state index contributed by atoms with van der Waals surface area (Å²) in [6.45, 7) is 0.664. The second-order valence-electron chi connectivity index (χ2n) is 6.15. The van der Waals surface area contributed by atoms with Gasteiger partial charge >= 0.3 is 0 Å². The van der Waals surface area contributed by atoms with Gasteiger partial charge in [-0.05, 0) is 42.5 Å². The first-order valence-electron chi connectivity index (χ1n) is 8.62. The molecule has 0 bridgehead atoms. The number of hydrogen-bond donors (Lipinski definition) is 3. The lowest BCUT2D eigenvalue weighted by atomic mass is 10.1. The van der Waals surface area contributed by atoms with Gasteiger partial charge in [-0.1, -0.05) is 0 Å². The van der Waals surface area contributed by atoms with Gasteiger partial charge < -0.3 is 15.0 Å². The zero-order chi connectivity index (χ0) is 18.6. The van der Waals surface area contributed by atoms with Gasteiger partial charge in [0.05, 0.1) is 30.3 Å². The Morgan fingerprint density at radius 3 is 2.85 bits per heavy atom. The number of nitrogens with one attached hydrogen (secondary N) is 3. The molecule has 27 heavy (non-hydrogen) atoms. The van der Waals surface area contributed by atoms with Crippen LogP contribution in [0.25, 0.3) is 11.3 Å². The van der Waals surface area contributed by atoms with Crippen LogP contribution < -0.4 is 15.5 Å². The van der Waals surface area contributed by atoms with Crippen LogP contribution in [0.1, 0.15) is 21.7 Å². The van der Waals surface area contributed by atoms with Crippen LogP contribution in [0, 0.1) is 0 Å². The van der Waals surface area contributed by atoms with Crippen molar-refractivity contribution < 1.29 is 9.53 Å². The number of fused-ring (bicyclic) bond motifs is 1. The Labute approximate surface area is 156 Å². The molecule has 0 saturated carbocycles. The number of ether oxygens (including phenoxy) is 1. The van der Waals surface area contributed by atoms with Gasteiger partial charge in [-0.25, -0.2) is 0 Å². The fraction of sp³-hybridized carbons (Fsp3) is 0.150. The Bertz CT molecular complexity index is 992. The lowest BCUT2D eigenvalue weighted by Crippen LogP contribution is -2.31. The Morgan fingerprint density at radius 2 is 2.07 bits per heavy atom. The smallest absolute Gasteiger partial charge is 0.253 e. The molecule has 0 unspecified atom stereocenters. The number of carbonyl (C=O) groups excluding carboxylic acids is 1. The number of aromatic amines is 1. The number of methoxy groups -OCH3 is 1. The first-order valence-corrected chi connectivity index (χ1v) is 8.62. The van der Waals surface area contributed by atoms with Crippen molar-refractivity contribution in [2.75, 3.05) is 19.1 Å². The zero-order valence-corrected chi connectivity index (χ0v) is 14.8. The van der Waals surface area contributed by atoms with Crippen LogP contribution >= 0.6 is 0 Å². The van der Waals surface area contributed by atoms with Crippen molar-refractivity contribution in [1.82, 2.24) is 15.3 Å². The molecule has 3 aromatic rings. The number of hydrazone groups is 1. The van der Waals surface area contributed by atoms with E-state index in [-0.39, 0.29) is 5.91 Å². The fourth-order valence-electron chi connectivity index (χ4n) is 2.97. The van der Waals surface area contributed by atoms with Gasteiger partial charge in [-0.2, -0.15) is 5.10 Å². The molecule has 1 amide bonds. The lowest BCUT2D eigenvalue weighted by Gasteiger charge is -2.10. The maximum atomic E-state index is 11.9. The van der Waals surface area contributed by atoms with Crippen molar-refractivity contribution in [3.8, 4) is 17.0 Å². The summed E-state index contributed by atoms with van der Waals surface area (Å²) in [4.78, 5) is 19.6. The third-order valence-corrected chi connectivity index (χ3v) is 4.38. The van der Waals surface area contributed by atoms with Gasteiger partial charge in [-0.15, -0.1) is 0 Å². The van der Waals surface area contributed by atoms with E-state index in [0.29, 0.717) is 17.8 Å². The minimum Gasteiger partial charge on any atom is -0.497 e. The molecule has 2 aromatic heterocycles. The highest BCUT2D eigenvalue weighted by molar-refractivity contribution is 5.97. The Morgan fingerprint density at radius 1 is 1.22 bits per heavy atom. The van der Waals surface area contributed by atoms with Crippen LogP contribution in [-0.2, 0) is 6.42 Å². The van der Waals surface area contributed by atoms with Crippen LogP contribution in [0.5, 0.6) is 5.75 Å². The summed E-state index contributed by atoms with van der Waals surface area (Å²) in [5.74, 6) is 0.763. The minimum absolute atomic E-state index is 0.0294. The summed E-state index contributed by atoms with van der Waals surface area (Å²) in [5, 5.41) is 7.08. The zero-order valence-electron chi connectivity index (χ0n) is 14.8. The molecule has 3 heterocycles. The average molecular weight is 361 g/mol. The number of amides is 1. The quantitative estimate of drug-likeness (QED) is 0.481. The molecule has 1 aromatic carbocycles. The molecule has 0 fully saturated rings. The van der Waals surface area contributed by atoms with E-state index in [9.17, 15) is 4.79 Å². The SMILES string of the molecule is COc1ccc(N/N=C/c2cc(-c3cc4c([nH]3)CCNC4=O)ccn2)cc1. The van der Waals surface area contributed by atoms with Gasteiger partial charge in [0, 0.05) is 36.1 Å². The minimum atomic E-state index is -0.0294. The number of pyridine rings is 1. The summed E-state index contributed by atoms with van der Waals surface area (Å²) in [7, 11) is 1.63. The normalized spacial score (nSPS) is 13.3. The molecule has 0 radical (unpaired) electrons. The molecular weight excluding hydrogens is 342 g/mol. The van der Waals surface area contributed by atoms with Gasteiger partial charge in [0.25, 0.3) is 5.91 Å². The van der Waals surface area contributed by atoms with Crippen molar-refractivity contribution in [3.05, 3.63) is 65.6 Å². The Hall–Kier alpha value is -3.61. The molecule has 1 aliphatic rings. The van der Waals surface area contributed by atoms with E-state index in [0.717, 1.165) is 34.8 Å². The standard InChI is InChI=1S/C20H19N5O2/c1-27-16-4-2-14(3-5-16)25-23-12-15-10-13(6-8-21-15)19-11-17-18(24-19)7-9-22-20(17)26/h2-6,8,10-12,24-25H,7,9H2,1H3,(H,22,26)/b23-12+. The van der Waals surface area contributed by atoms with Crippen molar-refractivity contribution >= 4 is 17.8 Å². The number of H-pyrrole nitrogens is 1. The number of anilines is 1. The molecule has 7 nitrogen and oxygen atoms in total. The molecule has 3 N–H and O–H groups in total. The second kappa shape index (κ2) is 7.33. The van der Waals surface area contributed by atoms with Crippen molar-refractivity contribution in [2.45, 2.75) is 6.42 Å². The van der Waals surface area contributed by atoms with Crippen molar-refractivity contribution in [2.24, 2.45) is 5.10 Å². The highest BCUT2D eigenvalue weighted by atomic mass is 16.5. The summed E-state index contributed by atoms with van der Waals surface area (Å²) in [6, 6.07) is 13.2. The van der Waals surface area contributed by atoms with Gasteiger partial charge in [-0.3, -0.25) is 15.2 Å². The number of hydrogen-bond acceptors (Lipinski definition) is 5. The van der Waals surface area contributed by atoms with E-state index in [1.165, 1.54) is 0 Å². The van der Waals surface area contributed by atoms with E-state index in [1.807, 2.05) is 42.5 Å². The highest BCUT2D eigenvalue weighted by Crippen LogP contribution is 2.24. The van der Waals surface area contributed by atoms with Gasteiger partial charge in [0.2, 0.25) is 0 Å². The average Bonchev–Trinajstić information content (AvgIpc) is 3.15. The Balaban J connectivity index is 1.50. The van der Waals surface area contributed by atoms with Crippen LogP contribution in [0.3, 0.4) is 0 Å². The summed E-state index contributed by atoms with van der Waals surface area (Å²) in [5.41, 5.74) is 8.07. The molecule has 1 aliphatic heterocycles. The van der Waals surface area contributed by atoms with Crippen LogP contribution in [0.4, 0.5) is 5.69 Å². The topological polar surface area (TPSA) is 91.4 Å². The monoisotopic (exact) mass is 361 g/mol. The van der Waals surface area contributed by atoms with Gasteiger partial charge in [0.15, 0.2) is 0 Å². The number of aromatic nitrogens is 2. The molecule has 0 spiro atoms. The predicted octanol–water partition coefficient (Wildman–Crippen LogP) is 2.82. The van der Waals surface area contributed by atoms with Crippen LogP contribution in [0.15, 0.2) is 53.8 Å². The van der Waals surface area contributed by atoms with E-state index in [4.69, 9.17) is 4.74 Å². The first kappa shape index (κ1) is 16.8. The molecule has 0 aliphatic carbocycles. The van der Waals surface area contributed by atoms with Crippen LogP contribution in [-0.4, -0.2) is 35.7 Å². The second-order valence-corrected chi connectivity index (χ2v) is 6.15. The largest absolute Gasteiger partial charge is 0.497 e. The number of carbonyl (C=O) groups is 1. The van der Waals surface area contributed by atoms with Crippen molar-refractivity contribution in [1.29, 1.82) is 0 Å². The molecule has 0 saturated heterocycles. The van der Waals surface area contributed by atoms with E-state index < -0.39 is 0 Å². The number of benzene rings is 1. The Kier molecular flexibility index (Phi) is 4.57. The maximum absolute atomic E-state index is 11.9. The molecular formula is C20H19N5O2. The first-order chi connectivity index (χ1) is 13.2. The molecule has 7 heteroatoms. The fourth-order valence-corrected chi connectivity index (χ4v) is 2.97. The molecule has 136 valence electrons. The van der Waals surface area contributed by atoms with Crippen LogP contribution in [0.2, 0.25) is 0 Å². The molecule has 0 atom stereocenters. The predicted molar refractivity (Wildman–Crippen MR) is 104 cm³/mol. The van der Waals surface area contributed by atoms with Gasteiger partial charge in [0.1, 0.15) is 5.75 Å². The number of nitrogens with zero attached hydrogens (tertiary/aromatic N) is 2. The summed E-state index contributed by atoms with van der Waals surface area (Å²) >= 11 is 0.